The van der Waals surface area contributed by atoms with Gasteiger partial charge >= 0.3 is 0 Å². The molecular formula is C11H18N2OS. The predicted molar refractivity (Wildman–Crippen MR) is 64.2 cm³/mol. The molecule has 0 N–H and O–H groups in total. The molecule has 0 saturated heterocycles. The minimum absolute atomic E-state index is 0.269. The number of nitrogens with zero attached hydrogens (tertiary/aromatic N) is 2. The average Bonchev–Trinajstić information content (AvgIpc) is 2.63. The van der Waals surface area contributed by atoms with Crippen molar-refractivity contribution in [2.45, 2.75) is 33.2 Å². The van der Waals surface area contributed by atoms with Gasteiger partial charge in [0.05, 0.1) is 12.2 Å². The number of imidazole rings is 1. The van der Waals surface area contributed by atoms with Crippen molar-refractivity contribution in [1.82, 2.24) is 9.55 Å². The summed E-state index contributed by atoms with van der Waals surface area (Å²) in [5.74, 6) is 2.77. The van der Waals surface area contributed by atoms with Crippen molar-refractivity contribution < 1.29 is 4.79 Å². The second-order valence-corrected chi connectivity index (χ2v) is 4.66. The van der Waals surface area contributed by atoms with Crippen LogP contribution >= 0.6 is 11.8 Å². The van der Waals surface area contributed by atoms with Crippen molar-refractivity contribution in [3.05, 3.63) is 18.2 Å². The van der Waals surface area contributed by atoms with Crippen LogP contribution in [-0.2, 0) is 17.8 Å². The number of rotatable bonds is 7. The first-order valence-corrected chi connectivity index (χ1v) is 6.52. The Morgan fingerprint density at radius 3 is 3.00 bits per heavy atom. The van der Waals surface area contributed by atoms with Crippen molar-refractivity contribution in [2.75, 3.05) is 11.5 Å². The molecule has 0 bridgehead atoms. The maximum absolute atomic E-state index is 11.6. The third-order valence-electron chi connectivity index (χ3n) is 2.09. The van der Waals surface area contributed by atoms with Gasteiger partial charge in [-0.05, 0) is 12.2 Å². The van der Waals surface area contributed by atoms with E-state index >= 15 is 0 Å². The predicted octanol–water partition coefficient (Wildman–Crippen LogP) is 2.16. The average molecular weight is 226 g/mol. The number of carbonyl (C=O) groups is 1. The van der Waals surface area contributed by atoms with Gasteiger partial charge < -0.3 is 4.57 Å². The standard InChI is InChI=1S/C11H18N2OS/c1-3-6-13-7-5-12-11(13)8-10(14)9-15-4-2/h5,7H,3-4,6,8-9H2,1-2H3. The molecule has 0 aliphatic rings. The van der Waals surface area contributed by atoms with Crippen LogP contribution in [0.25, 0.3) is 0 Å². The van der Waals surface area contributed by atoms with Gasteiger partial charge in [0, 0.05) is 18.9 Å². The molecule has 1 aromatic heterocycles. The number of hydrogen-bond acceptors (Lipinski definition) is 3. The van der Waals surface area contributed by atoms with Gasteiger partial charge in [-0.1, -0.05) is 13.8 Å². The largest absolute Gasteiger partial charge is 0.335 e. The van der Waals surface area contributed by atoms with E-state index in [2.05, 4.69) is 23.4 Å². The van der Waals surface area contributed by atoms with Crippen LogP contribution in [0.5, 0.6) is 0 Å². The Hall–Kier alpha value is -0.770. The molecule has 0 spiro atoms. The third-order valence-corrected chi connectivity index (χ3v) is 3.02. The molecule has 1 rings (SSSR count). The number of Topliss-reactive ketones (excluding diaryl/α,β-unsaturated/α-hetero) is 1. The number of ketones is 1. The van der Waals surface area contributed by atoms with Gasteiger partial charge in [0.15, 0.2) is 0 Å². The van der Waals surface area contributed by atoms with E-state index in [1.165, 1.54) is 0 Å². The Bertz CT molecular complexity index is 309. The fourth-order valence-electron chi connectivity index (χ4n) is 1.40. The van der Waals surface area contributed by atoms with E-state index in [4.69, 9.17) is 0 Å². The van der Waals surface area contributed by atoms with Crippen LogP contribution < -0.4 is 0 Å². The van der Waals surface area contributed by atoms with Crippen molar-refractivity contribution in [3.8, 4) is 0 Å². The maximum atomic E-state index is 11.6. The highest BCUT2D eigenvalue weighted by Crippen LogP contribution is 2.05. The number of aromatic nitrogens is 2. The van der Waals surface area contributed by atoms with Gasteiger partial charge in [-0.3, -0.25) is 4.79 Å². The Morgan fingerprint density at radius 1 is 1.53 bits per heavy atom. The first-order chi connectivity index (χ1) is 7.27. The van der Waals surface area contributed by atoms with E-state index in [9.17, 15) is 4.79 Å². The molecule has 0 atom stereocenters. The van der Waals surface area contributed by atoms with Crippen LogP contribution in [0.1, 0.15) is 26.1 Å². The Balaban J connectivity index is 2.48. The normalized spacial score (nSPS) is 10.5. The molecule has 3 nitrogen and oxygen atoms in total. The molecule has 0 aliphatic carbocycles. The van der Waals surface area contributed by atoms with Gasteiger partial charge in [-0.15, -0.1) is 0 Å². The van der Waals surface area contributed by atoms with E-state index in [0.717, 1.165) is 24.5 Å². The summed E-state index contributed by atoms with van der Waals surface area (Å²) in [6, 6.07) is 0. The van der Waals surface area contributed by atoms with Gasteiger partial charge in [-0.25, -0.2) is 4.98 Å². The minimum atomic E-state index is 0.269. The van der Waals surface area contributed by atoms with Gasteiger partial charge in [0.2, 0.25) is 0 Å². The molecule has 1 aromatic rings. The quantitative estimate of drug-likeness (QED) is 0.714. The zero-order valence-corrected chi connectivity index (χ0v) is 10.2. The van der Waals surface area contributed by atoms with Crippen molar-refractivity contribution >= 4 is 17.5 Å². The zero-order chi connectivity index (χ0) is 11.1. The molecule has 4 heteroatoms. The Kier molecular flexibility index (Phi) is 5.47. The summed E-state index contributed by atoms with van der Waals surface area (Å²) >= 11 is 1.67. The smallest absolute Gasteiger partial charge is 0.150 e. The fraction of sp³-hybridized carbons (Fsp3) is 0.636. The van der Waals surface area contributed by atoms with E-state index in [1.54, 1.807) is 18.0 Å². The fourth-order valence-corrected chi connectivity index (χ4v) is 1.93. The van der Waals surface area contributed by atoms with E-state index in [0.29, 0.717) is 12.2 Å². The summed E-state index contributed by atoms with van der Waals surface area (Å²) < 4.78 is 2.06. The van der Waals surface area contributed by atoms with Crippen LogP contribution in [-0.4, -0.2) is 26.8 Å². The Morgan fingerprint density at radius 2 is 2.33 bits per heavy atom. The van der Waals surface area contributed by atoms with Gasteiger partial charge in [-0.2, -0.15) is 11.8 Å². The minimum Gasteiger partial charge on any atom is -0.335 e. The first kappa shape index (κ1) is 12.3. The lowest BCUT2D eigenvalue weighted by Crippen LogP contribution is -2.11. The molecule has 0 aliphatic heterocycles. The molecule has 0 unspecified atom stereocenters. The summed E-state index contributed by atoms with van der Waals surface area (Å²) in [5.41, 5.74) is 0. The molecule has 0 saturated carbocycles. The van der Waals surface area contributed by atoms with Crippen LogP contribution in [0.3, 0.4) is 0 Å². The molecule has 15 heavy (non-hydrogen) atoms. The lowest BCUT2D eigenvalue weighted by atomic mass is 10.3. The summed E-state index contributed by atoms with van der Waals surface area (Å²) in [6.45, 7) is 5.14. The van der Waals surface area contributed by atoms with Crippen LogP contribution in [0.4, 0.5) is 0 Å². The number of thioether (sulfide) groups is 1. The summed E-state index contributed by atoms with van der Waals surface area (Å²) in [5, 5.41) is 0. The van der Waals surface area contributed by atoms with Crippen molar-refractivity contribution in [2.24, 2.45) is 0 Å². The maximum Gasteiger partial charge on any atom is 0.150 e. The highest BCUT2D eigenvalue weighted by atomic mass is 32.2. The number of aryl methyl sites for hydroxylation is 1. The second-order valence-electron chi connectivity index (χ2n) is 3.39. The molecule has 0 radical (unpaired) electrons. The van der Waals surface area contributed by atoms with Crippen molar-refractivity contribution in [3.63, 3.8) is 0 Å². The van der Waals surface area contributed by atoms with Crippen LogP contribution in [0.15, 0.2) is 12.4 Å². The molecule has 0 fully saturated rings. The lowest BCUT2D eigenvalue weighted by Gasteiger charge is -2.05. The molecule has 1 heterocycles. The third kappa shape index (κ3) is 4.08. The van der Waals surface area contributed by atoms with Crippen LogP contribution in [0.2, 0.25) is 0 Å². The summed E-state index contributed by atoms with van der Waals surface area (Å²) in [6.07, 6.45) is 5.26. The lowest BCUT2D eigenvalue weighted by molar-refractivity contribution is -0.116. The summed E-state index contributed by atoms with van der Waals surface area (Å²) in [4.78, 5) is 15.8. The van der Waals surface area contributed by atoms with E-state index < -0.39 is 0 Å². The van der Waals surface area contributed by atoms with Crippen molar-refractivity contribution in [1.29, 1.82) is 0 Å². The monoisotopic (exact) mass is 226 g/mol. The van der Waals surface area contributed by atoms with E-state index in [1.807, 2.05) is 6.20 Å². The molecular weight excluding hydrogens is 208 g/mol. The van der Waals surface area contributed by atoms with Crippen LogP contribution in [0, 0.1) is 0 Å². The first-order valence-electron chi connectivity index (χ1n) is 5.37. The van der Waals surface area contributed by atoms with Gasteiger partial charge in [0.1, 0.15) is 11.6 Å². The molecule has 0 amide bonds. The number of hydrogen-bond donors (Lipinski definition) is 0. The molecule has 0 aromatic carbocycles. The second kappa shape index (κ2) is 6.67. The van der Waals surface area contributed by atoms with E-state index in [-0.39, 0.29) is 5.78 Å². The number of carbonyl (C=O) groups excluding carboxylic acids is 1. The summed E-state index contributed by atoms with van der Waals surface area (Å²) in [7, 11) is 0. The highest BCUT2D eigenvalue weighted by molar-refractivity contribution is 7.99. The highest BCUT2D eigenvalue weighted by Gasteiger charge is 2.08. The molecule has 84 valence electrons. The SMILES string of the molecule is CCCn1ccnc1CC(=O)CSCC. The Labute approximate surface area is 95.3 Å². The topological polar surface area (TPSA) is 34.9 Å². The van der Waals surface area contributed by atoms with Gasteiger partial charge in [0.25, 0.3) is 0 Å². The zero-order valence-electron chi connectivity index (χ0n) is 9.40.